The molecular weight excluding hydrogens is 178 g/mol. The van der Waals surface area contributed by atoms with Crippen LogP contribution in [0.5, 0.6) is 0 Å². The molecular formula is C10H23NOSi. The summed E-state index contributed by atoms with van der Waals surface area (Å²) in [5, 5.41) is 0. The minimum Gasteiger partial charge on any atom is -0.420 e. The van der Waals surface area contributed by atoms with Crippen molar-refractivity contribution in [1.29, 1.82) is 0 Å². The van der Waals surface area contributed by atoms with E-state index in [0.29, 0.717) is 6.10 Å². The Kier molecular flexibility index (Phi) is 5.67. The third kappa shape index (κ3) is 5.44. The highest BCUT2D eigenvalue weighted by molar-refractivity contribution is 6.27. The Morgan fingerprint density at radius 2 is 1.77 bits per heavy atom. The van der Waals surface area contributed by atoms with Crippen LogP contribution in [0.2, 0.25) is 0 Å². The van der Waals surface area contributed by atoms with Crippen LogP contribution < -0.4 is 0 Å². The summed E-state index contributed by atoms with van der Waals surface area (Å²) < 4.78 is 5.68. The molecule has 0 bridgehead atoms. The van der Waals surface area contributed by atoms with Crippen LogP contribution in [0.3, 0.4) is 0 Å². The molecule has 0 N–H and O–H groups in total. The van der Waals surface area contributed by atoms with E-state index in [1.165, 1.54) is 44.9 Å². The van der Waals surface area contributed by atoms with Crippen LogP contribution in [0, 0.1) is 0 Å². The fraction of sp³-hybridized carbons (Fsp3) is 1.00. The summed E-state index contributed by atoms with van der Waals surface area (Å²) in [6.45, 7) is 6.90. The van der Waals surface area contributed by atoms with Gasteiger partial charge in [0, 0.05) is 12.3 Å². The van der Waals surface area contributed by atoms with Crippen LogP contribution >= 0.6 is 0 Å². The van der Waals surface area contributed by atoms with E-state index in [4.69, 9.17) is 4.43 Å². The molecule has 0 aromatic rings. The first-order valence-electron chi connectivity index (χ1n) is 5.63. The third-order valence-electron chi connectivity index (χ3n) is 2.56. The highest BCUT2D eigenvalue weighted by Gasteiger charge is 2.08. The molecule has 0 aromatic carbocycles. The van der Waals surface area contributed by atoms with Crippen molar-refractivity contribution in [3.63, 3.8) is 0 Å². The average molecular weight is 201 g/mol. The second-order valence-corrected chi connectivity index (χ2v) is 5.36. The van der Waals surface area contributed by atoms with Crippen LogP contribution in [-0.2, 0) is 4.43 Å². The molecule has 0 radical (unpaired) electrons. The number of nitrogens with zero attached hydrogens (tertiary/aromatic N) is 1. The number of hydrogen-bond donors (Lipinski definition) is 0. The van der Waals surface area contributed by atoms with Crippen LogP contribution in [0.1, 0.15) is 39.5 Å². The van der Waals surface area contributed by atoms with Crippen molar-refractivity contribution in [2.24, 2.45) is 0 Å². The first-order valence-corrected chi connectivity index (χ1v) is 7.21. The van der Waals surface area contributed by atoms with Gasteiger partial charge in [0.15, 0.2) is 9.76 Å². The van der Waals surface area contributed by atoms with Gasteiger partial charge in [-0.25, -0.2) is 0 Å². The molecule has 2 nitrogen and oxygen atoms in total. The molecule has 1 fully saturated rings. The molecule has 0 saturated carbocycles. The molecule has 1 rings (SSSR count). The van der Waals surface area contributed by atoms with Crippen molar-refractivity contribution >= 4 is 9.76 Å². The van der Waals surface area contributed by atoms with Gasteiger partial charge in [-0.15, -0.1) is 0 Å². The van der Waals surface area contributed by atoms with E-state index in [-0.39, 0.29) is 9.76 Å². The fourth-order valence-corrected chi connectivity index (χ4v) is 3.06. The molecule has 1 saturated heterocycles. The first kappa shape index (κ1) is 11.2. The van der Waals surface area contributed by atoms with Gasteiger partial charge in [-0.1, -0.05) is 12.8 Å². The maximum Gasteiger partial charge on any atom is 0.175 e. The molecule has 1 aliphatic rings. The summed E-state index contributed by atoms with van der Waals surface area (Å²) >= 11 is 0. The monoisotopic (exact) mass is 201 g/mol. The Labute approximate surface area is 84.6 Å². The molecule has 0 spiro atoms. The largest absolute Gasteiger partial charge is 0.420 e. The zero-order chi connectivity index (χ0) is 9.52. The average Bonchev–Trinajstić information content (AvgIpc) is 2.32. The van der Waals surface area contributed by atoms with Crippen molar-refractivity contribution in [2.45, 2.75) is 45.6 Å². The zero-order valence-electron chi connectivity index (χ0n) is 9.09. The third-order valence-corrected chi connectivity index (χ3v) is 4.27. The quantitative estimate of drug-likeness (QED) is 0.636. The minimum atomic E-state index is -0.271. The highest BCUT2D eigenvalue weighted by Crippen LogP contribution is 2.08. The predicted molar refractivity (Wildman–Crippen MR) is 59.7 cm³/mol. The molecule has 0 amide bonds. The Morgan fingerprint density at radius 3 is 2.31 bits per heavy atom. The Bertz CT molecular complexity index is 122. The summed E-state index contributed by atoms with van der Waals surface area (Å²) in [5.41, 5.74) is 0. The smallest absolute Gasteiger partial charge is 0.175 e. The lowest BCUT2D eigenvalue weighted by molar-refractivity contribution is 0.237. The lowest BCUT2D eigenvalue weighted by atomic mass is 10.2. The molecule has 13 heavy (non-hydrogen) atoms. The van der Waals surface area contributed by atoms with Gasteiger partial charge in [-0.2, -0.15) is 0 Å². The topological polar surface area (TPSA) is 12.5 Å². The van der Waals surface area contributed by atoms with Crippen molar-refractivity contribution in [3.05, 3.63) is 0 Å². The van der Waals surface area contributed by atoms with Gasteiger partial charge < -0.3 is 9.33 Å². The predicted octanol–water partition coefficient (Wildman–Crippen LogP) is 1.33. The van der Waals surface area contributed by atoms with E-state index in [1.54, 1.807) is 0 Å². The van der Waals surface area contributed by atoms with Crippen LogP contribution in [0.25, 0.3) is 0 Å². The van der Waals surface area contributed by atoms with Crippen molar-refractivity contribution < 1.29 is 4.43 Å². The SMILES string of the molecule is CC(C)O[SiH2]CN1CCCCCC1. The van der Waals surface area contributed by atoms with E-state index < -0.39 is 0 Å². The van der Waals surface area contributed by atoms with E-state index in [2.05, 4.69) is 18.7 Å². The van der Waals surface area contributed by atoms with Gasteiger partial charge in [0.2, 0.25) is 0 Å². The lowest BCUT2D eigenvalue weighted by Crippen LogP contribution is -2.31. The van der Waals surface area contributed by atoms with Crippen LogP contribution in [-0.4, -0.2) is 40.0 Å². The fourth-order valence-electron chi connectivity index (χ4n) is 1.78. The summed E-state index contributed by atoms with van der Waals surface area (Å²) in [4.78, 5) is 2.60. The molecule has 1 heterocycles. The van der Waals surface area contributed by atoms with E-state index in [0.717, 1.165) is 0 Å². The number of hydrogen-bond acceptors (Lipinski definition) is 2. The summed E-state index contributed by atoms with van der Waals surface area (Å²) in [5.74, 6) is 0. The molecule has 0 aliphatic carbocycles. The van der Waals surface area contributed by atoms with Crippen LogP contribution in [0.4, 0.5) is 0 Å². The summed E-state index contributed by atoms with van der Waals surface area (Å²) in [6.07, 6.45) is 7.37. The normalized spacial score (nSPS) is 21.5. The molecule has 0 unspecified atom stereocenters. The van der Waals surface area contributed by atoms with Gasteiger partial charge >= 0.3 is 0 Å². The standard InChI is InChI=1S/C10H23NOSi/c1-10(2)12-13-9-11-7-5-3-4-6-8-11/h10H,3-9,13H2,1-2H3. The van der Waals surface area contributed by atoms with Crippen molar-refractivity contribution in [3.8, 4) is 0 Å². The summed E-state index contributed by atoms with van der Waals surface area (Å²) in [7, 11) is -0.271. The number of rotatable bonds is 4. The molecule has 0 atom stereocenters. The second-order valence-electron chi connectivity index (χ2n) is 4.18. The Hall–Kier alpha value is 0.137. The second kappa shape index (κ2) is 6.57. The maximum atomic E-state index is 5.68. The highest BCUT2D eigenvalue weighted by atomic mass is 28.2. The Morgan fingerprint density at radius 1 is 1.15 bits per heavy atom. The number of likely N-dealkylation sites (tertiary alicyclic amines) is 1. The molecule has 1 aliphatic heterocycles. The van der Waals surface area contributed by atoms with Gasteiger partial charge in [0.05, 0.1) is 0 Å². The van der Waals surface area contributed by atoms with E-state index in [1.807, 2.05) is 0 Å². The first-order chi connectivity index (χ1) is 6.29. The molecule has 0 aromatic heterocycles. The lowest BCUT2D eigenvalue weighted by Gasteiger charge is -2.19. The van der Waals surface area contributed by atoms with Gasteiger partial charge in [-0.05, 0) is 39.8 Å². The minimum absolute atomic E-state index is 0.271. The van der Waals surface area contributed by atoms with Gasteiger partial charge in [0.1, 0.15) is 0 Å². The Balaban J connectivity index is 2.05. The maximum absolute atomic E-state index is 5.68. The van der Waals surface area contributed by atoms with Crippen LogP contribution in [0.15, 0.2) is 0 Å². The van der Waals surface area contributed by atoms with Gasteiger partial charge in [-0.3, -0.25) is 0 Å². The molecule has 3 heteroatoms. The summed E-state index contributed by atoms with van der Waals surface area (Å²) in [6, 6.07) is 0. The van der Waals surface area contributed by atoms with Crippen molar-refractivity contribution in [2.75, 3.05) is 19.3 Å². The van der Waals surface area contributed by atoms with Crippen molar-refractivity contribution in [1.82, 2.24) is 4.90 Å². The zero-order valence-corrected chi connectivity index (χ0v) is 10.5. The molecule has 78 valence electrons. The van der Waals surface area contributed by atoms with E-state index in [9.17, 15) is 0 Å². The van der Waals surface area contributed by atoms with E-state index >= 15 is 0 Å². The van der Waals surface area contributed by atoms with Gasteiger partial charge in [0.25, 0.3) is 0 Å².